The molecule has 7 nitrogen and oxygen atoms in total. The minimum Gasteiger partial charge on any atom is -0.461 e. The van der Waals surface area contributed by atoms with Crippen LogP contribution in [0.15, 0.2) is 41.0 Å². The zero-order chi connectivity index (χ0) is 16.2. The second kappa shape index (κ2) is 6.64. The Morgan fingerprint density at radius 1 is 1.48 bits per heavy atom. The van der Waals surface area contributed by atoms with Crippen LogP contribution in [0.1, 0.15) is 6.42 Å². The number of carbonyl (C=O) groups excluding carboxylic acids is 1. The Hall–Kier alpha value is -2.64. The summed E-state index contributed by atoms with van der Waals surface area (Å²) in [5.74, 6) is 1.17. The van der Waals surface area contributed by atoms with Crippen molar-refractivity contribution in [2.24, 2.45) is 5.73 Å². The summed E-state index contributed by atoms with van der Waals surface area (Å²) in [4.78, 5) is 19.6. The Morgan fingerprint density at radius 2 is 2.35 bits per heavy atom. The molecule has 7 heteroatoms. The highest BCUT2D eigenvalue weighted by molar-refractivity contribution is 5.93. The van der Waals surface area contributed by atoms with Gasteiger partial charge in [0.1, 0.15) is 0 Å². The van der Waals surface area contributed by atoms with Crippen molar-refractivity contribution in [1.82, 2.24) is 9.97 Å². The third-order valence-electron chi connectivity index (χ3n) is 3.53. The van der Waals surface area contributed by atoms with Crippen molar-refractivity contribution in [3.8, 4) is 11.6 Å². The van der Waals surface area contributed by atoms with E-state index in [0.29, 0.717) is 23.8 Å². The number of carbonyl (C=O) groups is 1. The number of benzene rings is 1. The molecule has 2 aromatic heterocycles. The average Bonchev–Trinajstić information content (AvgIpc) is 3.20. The van der Waals surface area contributed by atoms with Crippen molar-refractivity contribution in [2.45, 2.75) is 12.5 Å². The van der Waals surface area contributed by atoms with E-state index in [-0.39, 0.29) is 18.4 Å². The van der Waals surface area contributed by atoms with Gasteiger partial charge >= 0.3 is 0 Å². The molecule has 0 fully saturated rings. The number of aromatic amines is 1. The van der Waals surface area contributed by atoms with Gasteiger partial charge in [-0.1, -0.05) is 0 Å². The molecule has 0 aliphatic rings. The number of ether oxygens (including phenoxy) is 1. The first-order chi connectivity index (χ1) is 11.2. The van der Waals surface area contributed by atoms with Crippen LogP contribution in [0.5, 0.6) is 0 Å². The summed E-state index contributed by atoms with van der Waals surface area (Å²) < 4.78 is 10.4. The van der Waals surface area contributed by atoms with Gasteiger partial charge in [-0.05, 0) is 30.3 Å². The van der Waals surface area contributed by atoms with Gasteiger partial charge in [0.2, 0.25) is 5.91 Å². The Kier molecular flexibility index (Phi) is 4.40. The number of nitrogens with two attached hydrogens (primary N) is 1. The van der Waals surface area contributed by atoms with Gasteiger partial charge in [0.05, 0.1) is 29.8 Å². The molecule has 0 aliphatic heterocycles. The normalized spacial score (nSPS) is 12.4. The Labute approximate surface area is 132 Å². The number of fused-ring (bicyclic) bond motifs is 1. The van der Waals surface area contributed by atoms with E-state index in [2.05, 4.69) is 15.3 Å². The fourth-order valence-corrected chi connectivity index (χ4v) is 2.30. The summed E-state index contributed by atoms with van der Waals surface area (Å²) in [5.41, 5.74) is 7.82. The van der Waals surface area contributed by atoms with E-state index in [1.165, 1.54) is 7.11 Å². The van der Waals surface area contributed by atoms with Crippen molar-refractivity contribution in [1.29, 1.82) is 0 Å². The number of H-pyrrole nitrogens is 1. The predicted molar refractivity (Wildman–Crippen MR) is 86.9 cm³/mol. The first-order valence-corrected chi connectivity index (χ1v) is 7.26. The van der Waals surface area contributed by atoms with Gasteiger partial charge in [-0.15, -0.1) is 0 Å². The Balaban J connectivity index is 1.76. The van der Waals surface area contributed by atoms with E-state index < -0.39 is 0 Å². The Morgan fingerprint density at radius 3 is 3.04 bits per heavy atom. The molecule has 0 saturated heterocycles. The largest absolute Gasteiger partial charge is 0.461 e. The van der Waals surface area contributed by atoms with Crippen LogP contribution in [-0.2, 0) is 9.53 Å². The van der Waals surface area contributed by atoms with Gasteiger partial charge in [0, 0.05) is 19.3 Å². The smallest absolute Gasteiger partial charge is 0.227 e. The number of nitrogens with one attached hydrogen (secondary N) is 2. The van der Waals surface area contributed by atoms with Crippen molar-refractivity contribution < 1.29 is 13.9 Å². The number of aromatic nitrogens is 2. The molecule has 1 atom stereocenters. The van der Waals surface area contributed by atoms with Crippen molar-refractivity contribution in [3.05, 3.63) is 36.6 Å². The molecule has 0 spiro atoms. The van der Waals surface area contributed by atoms with Crippen LogP contribution >= 0.6 is 0 Å². The number of hydrogen-bond donors (Lipinski definition) is 3. The molecule has 3 rings (SSSR count). The summed E-state index contributed by atoms with van der Waals surface area (Å²) in [6.07, 6.45) is 1.53. The summed E-state index contributed by atoms with van der Waals surface area (Å²) in [5, 5.41) is 2.83. The molecule has 23 heavy (non-hydrogen) atoms. The van der Waals surface area contributed by atoms with Crippen molar-refractivity contribution >= 4 is 22.6 Å². The maximum absolute atomic E-state index is 12.0. The molecule has 0 aliphatic carbocycles. The summed E-state index contributed by atoms with van der Waals surface area (Å²) in [7, 11) is 1.54. The van der Waals surface area contributed by atoms with Crippen LogP contribution in [0, 0.1) is 0 Å². The van der Waals surface area contributed by atoms with Crippen LogP contribution in [-0.4, -0.2) is 35.6 Å². The SMILES string of the molecule is COC(CN)CC(=O)Nc1ccc2nc(-c3ccco3)[nH]c2c1. The zero-order valence-electron chi connectivity index (χ0n) is 12.7. The first-order valence-electron chi connectivity index (χ1n) is 7.26. The minimum atomic E-state index is -0.281. The van der Waals surface area contributed by atoms with Gasteiger partial charge in [0.15, 0.2) is 11.6 Å². The number of amides is 1. The number of methoxy groups -OCH3 is 1. The highest BCUT2D eigenvalue weighted by Crippen LogP contribution is 2.23. The summed E-state index contributed by atoms with van der Waals surface area (Å²) >= 11 is 0. The third kappa shape index (κ3) is 3.41. The molecule has 1 unspecified atom stereocenters. The van der Waals surface area contributed by atoms with Crippen LogP contribution in [0.25, 0.3) is 22.6 Å². The van der Waals surface area contributed by atoms with Crippen molar-refractivity contribution in [3.63, 3.8) is 0 Å². The van der Waals surface area contributed by atoms with Gasteiger partial charge < -0.3 is 25.2 Å². The predicted octanol–water partition coefficient (Wildman–Crippen LogP) is 2.13. The molecule has 0 bridgehead atoms. The van der Waals surface area contributed by atoms with E-state index in [1.54, 1.807) is 18.4 Å². The summed E-state index contributed by atoms with van der Waals surface area (Å²) in [6.45, 7) is 0.302. The molecule has 0 radical (unpaired) electrons. The third-order valence-corrected chi connectivity index (χ3v) is 3.53. The molecule has 4 N–H and O–H groups in total. The maximum Gasteiger partial charge on any atom is 0.227 e. The Bertz CT molecular complexity index is 791. The molecule has 3 aromatic rings. The molecule has 1 amide bonds. The van der Waals surface area contributed by atoms with Gasteiger partial charge in [0.25, 0.3) is 0 Å². The number of hydrogen-bond acceptors (Lipinski definition) is 5. The first kappa shape index (κ1) is 15.3. The number of imidazole rings is 1. The zero-order valence-corrected chi connectivity index (χ0v) is 12.7. The second-order valence-corrected chi connectivity index (χ2v) is 5.14. The van der Waals surface area contributed by atoms with Crippen LogP contribution in [0.3, 0.4) is 0 Å². The minimum absolute atomic E-state index is 0.146. The van der Waals surface area contributed by atoms with Crippen LogP contribution in [0.4, 0.5) is 5.69 Å². The van der Waals surface area contributed by atoms with E-state index in [4.69, 9.17) is 14.9 Å². The lowest BCUT2D eigenvalue weighted by atomic mass is 10.2. The molecule has 0 saturated carbocycles. The number of nitrogens with zero attached hydrogens (tertiary/aromatic N) is 1. The topological polar surface area (TPSA) is 106 Å². The standard InChI is InChI=1S/C16H18N4O3/c1-22-11(9-17)8-15(21)18-10-4-5-12-13(7-10)20-16(19-12)14-3-2-6-23-14/h2-7,11H,8-9,17H2,1H3,(H,18,21)(H,19,20). The molecule has 2 heterocycles. The van der Waals surface area contributed by atoms with Crippen molar-refractivity contribution in [2.75, 3.05) is 19.0 Å². The molecular weight excluding hydrogens is 296 g/mol. The van der Waals surface area contributed by atoms with Crippen LogP contribution in [0.2, 0.25) is 0 Å². The van der Waals surface area contributed by atoms with Crippen LogP contribution < -0.4 is 11.1 Å². The lowest BCUT2D eigenvalue weighted by Gasteiger charge is -2.12. The monoisotopic (exact) mass is 314 g/mol. The second-order valence-electron chi connectivity index (χ2n) is 5.14. The van der Waals surface area contributed by atoms with E-state index in [9.17, 15) is 4.79 Å². The van der Waals surface area contributed by atoms with E-state index >= 15 is 0 Å². The highest BCUT2D eigenvalue weighted by Gasteiger charge is 2.13. The number of anilines is 1. The van der Waals surface area contributed by atoms with Gasteiger partial charge in [-0.25, -0.2) is 4.98 Å². The van der Waals surface area contributed by atoms with Gasteiger partial charge in [-0.3, -0.25) is 4.79 Å². The average molecular weight is 314 g/mol. The highest BCUT2D eigenvalue weighted by atomic mass is 16.5. The lowest BCUT2D eigenvalue weighted by Crippen LogP contribution is -2.28. The number of furan rings is 1. The van der Waals surface area contributed by atoms with Gasteiger partial charge in [-0.2, -0.15) is 0 Å². The lowest BCUT2D eigenvalue weighted by molar-refractivity contribution is -0.118. The van der Waals surface area contributed by atoms with E-state index in [0.717, 1.165) is 11.0 Å². The molecular formula is C16H18N4O3. The fraction of sp³-hybridized carbons (Fsp3) is 0.250. The molecule has 120 valence electrons. The fourth-order valence-electron chi connectivity index (χ4n) is 2.30. The maximum atomic E-state index is 12.0. The quantitative estimate of drug-likeness (QED) is 0.646. The number of rotatable bonds is 6. The summed E-state index contributed by atoms with van der Waals surface area (Å²) in [6, 6.07) is 9.11. The molecule has 1 aromatic carbocycles. The van der Waals surface area contributed by atoms with E-state index in [1.807, 2.05) is 18.2 Å².